The third kappa shape index (κ3) is 3.25. The van der Waals surface area contributed by atoms with Gasteiger partial charge in [0.2, 0.25) is 5.78 Å². The van der Waals surface area contributed by atoms with Crippen LogP contribution in [0, 0.1) is 20.8 Å². The van der Waals surface area contributed by atoms with Gasteiger partial charge in [0.25, 0.3) is 0 Å². The summed E-state index contributed by atoms with van der Waals surface area (Å²) in [7, 11) is 0. The lowest BCUT2D eigenvalue weighted by Crippen LogP contribution is -2.48. The van der Waals surface area contributed by atoms with Gasteiger partial charge in [-0.15, -0.1) is 11.3 Å². The van der Waals surface area contributed by atoms with Crippen LogP contribution >= 0.6 is 11.3 Å². The van der Waals surface area contributed by atoms with Crippen LogP contribution < -0.4 is 0 Å². The number of H-pyrrole nitrogens is 1. The third-order valence-corrected chi connectivity index (χ3v) is 4.82. The normalized spacial score (nSPS) is 16.3. The molecule has 2 aromatic rings. The zero-order valence-electron chi connectivity index (χ0n) is 13.9. The first-order valence-corrected chi connectivity index (χ1v) is 8.37. The van der Waals surface area contributed by atoms with Crippen molar-refractivity contribution in [1.29, 1.82) is 0 Å². The van der Waals surface area contributed by atoms with Gasteiger partial charge in [-0.25, -0.2) is 14.6 Å². The fourth-order valence-electron chi connectivity index (χ4n) is 2.64. The molecule has 0 fully saturated rings. The molecule has 2 aromatic heterocycles. The molecular weight excluding hydrogens is 344 g/mol. The number of carbonyl (C=O) groups excluding carboxylic acids is 3. The summed E-state index contributed by atoms with van der Waals surface area (Å²) in [6.07, 6.45) is 3.18. The van der Waals surface area contributed by atoms with Crippen molar-refractivity contribution in [2.24, 2.45) is 0 Å². The standard InChI is InChI=1S/C17H16N2O5S/c1-9-6-12(11(3)25-9)16(22)17(7-13-10(2)18-8-19-13)23-14(20)4-5-15(21)24-17/h4-6,8H,7H2,1-3H3,(H,18,19). The van der Waals surface area contributed by atoms with E-state index in [1.807, 2.05) is 6.92 Å². The lowest BCUT2D eigenvalue weighted by Gasteiger charge is -2.29. The Labute approximate surface area is 147 Å². The van der Waals surface area contributed by atoms with Gasteiger partial charge in [-0.2, -0.15) is 0 Å². The predicted octanol–water partition coefficient (Wildman–Crippen LogP) is 2.17. The summed E-state index contributed by atoms with van der Waals surface area (Å²) in [5.41, 5.74) is 1.52. The Morgan fingerprint density at radius 2 is 1.84 bits per heavy atom. The Kier molecular flexibility index (Phi) is 4.30. The first-order valence-electron chi connectivity index (χ1n) is 7.55. The van der Waals surface area contributed by atoms with E-state index in [9.17, 15) is 14.4 Å². The number of nitrogens with one attached hydrogen (secondary N) is 1. The first-order chi connectivity index (χ1) is 11.8. The zero-order chi connectivity index (χ0) is 18.2. The van der Waals surface area contributed by atoms with Crippen molar-refractivity contribution in [3.05, 3.63) is 51.3 Å². The topological polar surface area (TPSA) is 98.4 Å². The summed E-state index contributed by atoms with van der Waals surface area (Å²) in [4.78, 5) is 45.9. The highest BCUT2D eigenvalue weighted by molar-refractivity contribution is 7.12. The van der Waals surface area contributed by atoms with E-state index >= 15 is 0 Å². The maximum atomic E-state index is 13.2. The van der Waals surface area contributed by atoms with Gasteiger partial charge >= 0.3 is 17.7 Å². The number of hydrogen-bond donors (Lipinski definition) is 1. The number of aromatic nitrogens is 2. The largest absolute Gasteiger partial charge is 0.411 e. The number of cyclic esters (lactones) is 2. The highest BCUT2D eigenvalue weighted by Crippen LogP contribution is 2.31. The van der Waals surface area contributed by atoms with Gasteiger partial charge in [-0.1, -0.05) is 0 Å². The van der Waals surface area contributed by atoms with Gasteiger partial charge in [0.15, 0.2) is 0 Å². The summed E-state index contributed by atoms with van der Waals surface area (Å²) < 4.78 is 10.6. The smallest absolute Gasteiger partial charge is 0.334 e. The molecule has 130 valence electrons. The van der Waals surface area contributed by atoms with Crippen LogP contribution in [0.2, 0.25) is 0 Å². The van der Waals surface area contributed by atoms with Crippen LogP contribution in [0.15, 0.2) is 24.5 Å². The van der Waals surface area contributed by atoms with E-state index in [1.165, 1.54) is 17.7 Å². The Hall–Kier alpha value is -2.74. The second-order valence-corrected chi connectivity index (χ2v) is 7.20. The minimum atomic E-state index is -2.09. The molecule has 1 aliphatic heterocycles. The minimum absolute atomic E-state index is 0.172. The van der Waals surface area contributed by atoms with Crippen LogP contribution in [0.4, 0.5) is 0 Å². The summed E-state index contributed by atoms with van der Waals surface area (Å²) in [5, 5.41) is 0. The van der Waals surface area contributed by atoms with Crippen molar-refractivity contribution in [3.8, 4) is 0 Å². The number of ketones is 1. The molecule has 25 heavy (non-hydrogen) atoms. The molecule has 0 bridgehead atoms. The number of aromatic amines is 1. The predicted molar refractivity (Wildman–Crippen MR) is 89.2 cm³/mol. The summed E-state index contributed by atoms with van der Waals surface area (Å²) >= 11 is 1.44. The van der Waals surface area contributed by atoms with Gasteiger partial charge in [-0.05, 0) is 26.8 Å². The molecule has 0 saturated carbocycles. The van der Waals surface area contributed by atoms with Crippen molar-refractivity contribution in [2.75, 3.05) is 0 Å². The highest BCUT2D eigenvalue weighted by atomic mass is 32.1. The quantitative estimate of drug-likeness (QED) is 0.663. The molecular formula is C17H16N2O5S. The van der Waals surface area contributed by atoms with Crippen LogP contribution in [0.25, 0.3) is 0 Å². The van der Waals surface area contributed by atoms with Gasteiger partial charge in [0, 0.05) is 33.2 Å². The molecule has 0 amide bonds. The number of rotatable bonds is 4. The zero-order valence-corrected chi connectivity index (χ0v) is 14.7. The number of hydrogen-bond acceptors (Lipinski definition) is 7. The molecule has 8 heteroatoms. The highest BCUT2D eigenvalue weighted by Gasteiger charge is 2.49. The Bertz CT molecular complexity index is 873. The molecule has 0 unspecified atom stereocenters. The summed E-state index contributed by atoms with van der Waals surface area (Å²) in [5.74, 6) is -4.31. The van der Waals surface area contributed by atoms with E-state index < -0.39 is 23.5 Å². The monoisotopic (exact) mass is 360 g/mol. The van der Waals surface area contributed by atoms with E-state index in [-0.39, 0.29) is 6.42 Å². The molecule has 7 nitrogen and oxygen atoms in total. The van der Waals surface area contributed by atoms with Crippen molar-refractivity contribution in [1.82, 2.24) is 9.97 Å². The van der Waals surface area contributed by atoms with Gasteiger partial charge in [0.1, 0.15) is 0 Å². The number of imidazole rings is 1. The van der Waals surface area contributed by atoms with Crippen LogP contribution in [0.5, 0.6) is 0 Å². The Morgan fingerprint density at radius 3 is 2.32 bits per heavy atom. The number of esters is 2. The second-order valence-electron chi connectivity index (χ2n) is 5.74. The van der Waals surface area contributed by atoms with Crippen molar-refractivity contribution in [2.45, 2.75) is 33.0 Å². The van der Waals surface area contributed by atoms with E-state index in [2.05, 4.69) is 9.97 Å². The van der Waals surface area contributed by atoms with Crippen LogP contribution in [-0.4, -0.2) is 33.5 Å². The number of aryl methyl sites for hydroxylation is 3. The lowest BCUT2D eigenvalue weighted by atomic mass is 9.98. The van der Waals surface area contributed by atoms with Crippen molar-refractivity contribution in [3.63, 3.8) is 0 Å². The van der Waals surface area contributed by atoms with E-state index in [0.29, 0.717) is 17.0 Å². The molecule has 0 radical (unpaired) electrons. The number of carbonyl (C=O) groups is 3. The lowest BCUT2D eigenvalue weighted by molar-refractivity contribution is -0.201. The maximum Gasteiger partial charge on any atom is 0.334 e. The van der Waals surface area contributed by atoms with E-state index in [1.54, 1.807) is 19.9 Å². The van der Waals surface area contributed by atoms with Gasteiger partial charge in [0.05, 0.1) is 18.4 Å². The number of nitrogens with zero attached hydrogens (tertiary/aromatic N) is 1. The van der Waals surface area contributed by atoms with E-state index in [0.717, 1.165) is 21.9 Å². The van der Waals surface area contributed by atoms with Crippen molar-refractivity contribution < 1.29 is 23.9 Å². The molecule has 0 spiro atoms. The molecule has 3 rings (SSSR count). The summed E-state index contributed by atoms with van der Waals surface area (Å²) in [6.45, 7) is 5.42. The van der Waals surface area contributed by atoms with Crippen LogP contribution in [0.3, 0.4) is 0 Å². The van der Waals surface area contributed by atoms with Crippen LogP contribution in [0.1, 0.15) is 31.5 Å². The number of Topliss-reactive ketones (excluding diaryl/α,β-unsaturated/α-hetero) is 1. The summed E-state index contributed by atoms with van der Waals surface area (Å²) in [6, 6.07) is 1.70. The second kappa shape index (κ2) is 6.29. The Balaban J connectivity index is 2.09. The number of thiophene rings is 1. The molecule has 3 heterocycles. The molecule has 0 saturated heterocycles. The maximum absolute atomic E-state index is 13.2. The van der Waals surface area contributed by atoms with Crippen molar-refractivity contribution >= 4 is 29.1 Å². The third-order valence-electron chi connectivity index (χ3n) is 3.85. The molecule has 0 aliphatic carbocycles. The minimum Gasteiger partial charge on any atom is -0.411 e. The fourth-order valence-corrected chi connectivity index (χ4v) is 3.56. The average molecular weight is 360 g/mol. The number of ether oxygens (including phenoxy) is 2. The SMILES string of the molecule is Cc1cc(C(=O)C2(Cc3nc[nH]c3C)OC(=O)C=CC(=O)O2)c(C)s1. The molecule has 1 N–H and O–H groups in total. The molecule has 0 atom stereocenters. The van der Waals surface area contributed by atoms with Gasteiger partial charge in [-0.3, -0.25) is 4.79 Å². The fraction of sp³-hybridized carbons (Fsp3) is 0.294. The van der Waals surface area contributed by atoms with Crippen LogP contribution in [-0.2, 0) is 25.5 Å². The Morgan fingerprint density at radius 1 is 1.20 bits per heavy atom. The van der Waals surface area contributed by atoms with E-state index in [4.69, 9.17) is 9.47 Å². The van der Waals surface area contributed by atoms with Gasteiger partial charge < -0.3 is 14.5 Å². The molecule has 1 aliphatic rings. The molecule has 0 aromatic carbocycles. The first kappa shape index (κ1) is 17.1. The average Bonchev–Trinajstić information content (AvgIpc) is 3.04.